The zero-order valence-corrected chi connectivity index (χ0v) is 22.4. The molecule has 0 radical (unpaired) electrons. The maximum atomic E-state index is 13.1. The molecule has 36 heavy (non-hydrogen) atoms. The Bertz CT molecular complexity index is 1220. The molecule has 2 aromatic carbocycles. The quantitative estimate of drug-likeness (QED) is 0.200. The molecule has 3 amide bonds. The van der Waals surface area contributed by atoms with Gasteiger partial charge >= 0.3 is 5.97 Å². The van der Waals surface area contributed by atoms with Gasteiger partial charge in [0, 0.05) is 6.07 Å². The molecule has 0 spiro atoms. The Balaban J connectivity index is 1.79. The molecule has 9 nitrogen and oxygen atoms in total. The van der Waals surface area contributed by atoms with E-state index in [1.165, 1.54) is 14.2 Å². The number of carbonyl (C=O) groups is 4. The van der Waals surface area contributed by atoms with E-state index in [9.17, 15) is 19.2 Å². The lowest BCUT2D eigenvalue weighted by Crippen LogP contribution is -2.49. The van der Waals surface area contributed by atoms with Crippen LogP contribution < -0.4 is 14.8 Å². The van der Waals surface area contributed by atoms with Crippen LogP contribution in [-0.2, 0) is 14.3 Å². The Morgan fingerprint density at radius 3 is 1.94 bits per heavy atom. The SMILES string of the molecule is COc1ccc(NC(=O)COC(=O)[C@@H](C(C)C)N2C(=O)c3c(Cl)c(Cl)c(Cl)c(Cl)c3C2=O)c(OC)c1. The number of nitrogens with one attached hydrogen (secondary N) is 1. The summed E-state index contributed by atoms with van der Waals surface area (Å²) in [6.07, 6.45) is 0. The van der Waals surface area contributed by atoms with Gasteiger partial charge < -0.3 is 19.5 Å². The number of esters is 1. The highest BCUT2D eigenvalue weighted by Gasteiger charge is 2.48. The summed E-state index contributed by atoms with van der Waals surface area (Å²) >= 11 is 24.4. The van der Waals surface area contributed by atoms with Crippen molar-refractivity contribution in [2.75, 3.05) is 26.1 Å². The number of ether oxygens (including phenoxy) is 3. The summed E-state index contributed by atoms with van der Waals surface area (Å²) in [4.78, 5) is 52.4. The number of halogens is 4. The first kappa shape index (κ1) is 27.9. The minimum atomic E-state index is -1.38. The van der Waals surface area contributed by atoms with Crippen LogP contribution in [0.25, 0.3) is 0 Å². The van der Waals surface area contributed by atoms with Crippen LogP contribution in [-0.4, -0.2) is 55.5 Å². The summed E-state index contributed by atoms with van der Waals surface area (Å²) in [6.45, 7) is 2.50. The molecule has 192 valence electrons. The number of nitrogens with zero attached hydrogens (tertiary/aromatic N) is 1. The van der Waals surface area contributed by atoms with E-state index >= 15 is 0 Å². The topological polar surface area (TPSA) is 111 Å². The van der Waals surface area contributed by atoms with E-state index in [4.69, 9.17) is 60.6 Å². The smallest absolute Gasteiger partial charge is 0.330 e. The number of hydrogen-bond acceptors (Lipinski definition) is 7. The van der Waals surface area contributed by atoms with E-state index in [-0.39, 0.29) is 31.2 Å². The van der Waals surface area contributed by atoms with Crippen molar-refractivity contribution in [3.05, 3.63) is 49.4 Å². The molecular weight excluding hydrogens is 558 g/mol. The number of benzene rings is 2. The van der Waals surface area contributed by atoms with Crippen LogP contribution in [0.5, 0.6) is 11.5 Å². The first-order chi connectivity index (χ1) is 16.9. The normalized spacial score (nSPS) is 13.5. The third kappa shape index (κ3) is 5.06. The van der Waals surface area contributed by atoms with Gasteiger partial charge in [0.25, 0.3) is 17.7 Å². The van der Waals surface area contributed by atoms with Gasteiger partial charge in [0.05, 0.1) is 51.1 Å². The largest absolute Gasteiger partial charge is 0.497 e. The van der Waals surface area contributed by atoms with Gasteiger partial charge in [-0.15, -0.1) is 0 Å². The Morgan fingerprint density at radius 1 is 0.917 bits per heavy atom. The highest BCUT2D eigenvalue weighted by Crippen LogP contribution is 2.45. The van der Waals surface area contributed by atoms with Gasteiger partial charge in [-0.1, -0.05) is 60.3 Å². The summed E-state index contributed by atoms with van der Waals surface area (Å²) in [5.41, 5.74) is -0.203. The molecule has 0 aromatic heterocycles. The van der Waals surface area contributed by atoms with Crippen molar-refractivity contribution < 1.29 is 33.4 Å². The maximum Gasteiger partial charge on any atom is 0.330 e. The van der Waals surface area contributed by atoms with Crippen LogP contribution in [0.2, 0.25) is 20.1 Å². The summed E-state index contributed by atoms with van der Waals surface area (Å²) in [7, 11) is 2.90. The van der Waals surface area contributed by atoms with Crippen molar-refractivity contribution >= 4 is 75.8 Å². The molecule has 2 aromatic rings. The number of carbonyl (C=O) groups excluding carboxylic acids is 4. The van der Waals surface area contributed by atoms with Crippen LogP contribution >= 0.6 is 46.4 Å². The second-order valence-corrected chi connectivity index (χ2v) is 9.41. The molecule has 1 aliphatic heterocycles. The van der Waals surface area contributed by atoms with Crippen LogP contribution in [0.4, 0.5) is 5.69 Å². The van der Waals surface area contributed by atoms with Crippen LogP contribution in [0.1, 0.15) is 34.6 Å². The number of fused-ring (bicyclic) bond motifs is 1. The van der Waals surface area contributed by atoms with Crippen molar-refractivity contribution in [3.8, 4) is 11.5 Å². The van der Waals surface area contributed by atoms with E-state index in [0.29, 0.717) is 22.1 Å². The Morgan fingerprint density at radius 2 is 1.47 bits per heavy atom. The van der Waals surface area contributed by atoms with E-state index in [0.717, 1.165) is 0 Å². The zero-order chi connectivity index (χ0) is 26.9. The molecule has 0 saturated carbocycles. The lowest BCUT2D eigenvalue weighted by Gasteiger charge is -2.27. The summed E-state index contributed by atoms with van der Waals surface area (Å²) < 4.78 is 15.5. The fourth-order valence-corrected chi connectivity index (χ4v) is 4.62. The maximum absolute atomic E-state index is 13.1. The first-order valence-electron chi connectivity index (χ1n) is 10.4. The van der Waals surface area contributed by atoms with Gasteiger partial charge in [-0.3, -0.25) is 19.3 Å². The highest BCUT2D eigenvalue weighted by molar-refractivity contribution is 6.55. The molecule has 1 atom stereocenters. The van der Waals surface area contributed by atoms with Crippen LogP contribution in [0, 0.1) is 5.92 Å². The van der Waals surface area contributed by atoms with Gasteiger partial charge in [0.2, 0.25) is 0 Å². The number of amides is 3. The molecule has 3 rings (SSSR count). The number of rotatable bonds is 8. The summed E-state index contributed by atoms with van der Waals surface area (Å²) in [6, 6.07) is 3.34. The van der Waals surface area contributed by atoms with Gasteiger partial charge in [-0.2, -0.15) is 0 Å². The van der Waals surface area contributed by atoms with Gasteiger partial charge in [-0.05, 0) is 18.1 Å². The number of imide groups is 1. The molecule has 1 aliphatic rings. The molecule has 0 aliphatic carbocycles. The predicted octanol–water partition coefficient (Wildman–Crippen LogP) is 5.12. The fourth-order valence-electron chi connectivity index (χ4n) is 3.60. The Hall–Kier alpha value is -2.72. The molecule has 1 heterocycles. The van der Waals surface area contributed by atoms with Crippen molar-refractivity contribution in [2.45, 2.75) is 19.9 Å². The fraction of sp³-hybridized carbons (Fsp3) is 0.304. The Kier molecular flexibility index (Phi) is 8.61. The number of anilines is 1. The van der Waals surface area contributed by atoms with Crippen molar-refractivity contribution in [1.82, 2.24) is 4.90 Å². The third-order valence-electron chi connectivity index (χ3n) is 5.31. The minimum absolute atomic E-state index is 0.195. The standard InChI is InChI=1S/C23H20Cl4N2O7/c1-9(2)20(29-21(31)14-15(22(29)32)17(25)19(27)18(26)16(14)24)23(33)36-8-13(30)28-11-6-5-10(34-3)7-12(11)35-4/h5-7,9,20H,8H2,1-4H3,(H,28,30)/t20-/m1/s1. The second-order valence-electron chi connectivity index (χ2n) is 7.90. The average Bonchev–Trinajstić information content (AvgIpc) is 3.10. The van der Waals surface area contributed by atoms with Gasteiger partial charge in [0.15, 0.2) is 6.61 Å². The first-order valence-corrected chi connectivity index (χ1v) is 11.9. The monoisotopic (exact) mass is 576 g/mol. The molecule has 0 saturated heterocycles. The third-order valence-corrected chi connectivity index (χ3v) is 7.11. The van der Waals surface area contributed by atoms with Crippen molar-refractivity contribution in [1.29, 1.82) is 0 Å². The highest BCUT2D eigenvalue weighted by atomic mass is 35.5. The number of hydrogen-bond donors (Lipinski definition) is 1. The summed E-state index contributed by atoms with van der Waals surface area (Å²) in [5.74, 6) is -3.19. The van der Waals surface area contributed by atoms with E-state index in [2.05, 4.69) is 5.32 Å². The zero-order valence-electron chi connectivity index (χ0n) is 19.4. The molecule has 0 bridgehead atoms. The van der Waals surface area contributed by atoms with Crippen LogP contribution in [0.15, 0.2) is 18.2 Å². The van der Waals surface area contributed by atoms with Crippen LogP contribution in [0.3, 0.4) is 0 Å². The number of methoxy groups -OCH3 is 2. The lowest BCUT2D eigenvalue weighted by atomic mass is 10.0. The molecule has 13 heteroatoms. The minimum Gasteiger partial charge on any atom is -0.497 e. The van der Waals surface area contributed by atoms with Gasteiger partial charge in [0.1, 0.15) is 17.5 Å². The van der Waals surface area contributed by atoms with Gasteiger partial charge in [-0.25, -0.2) is 4.79 Å². The second kappa shape index (κ2) is 11.1. The molecule has 0 fully saturated rings. The summed E-state index contributed by atoms with van der Waals surface area (Å²) in [5, 5.41) is 1.65. The van der Waals surface area contributed by atoms with E-state index in [1.807, 2.05) is 0 Å². The van der Waals surface area contributed by atoms with Crippen molar-refractivity contribution in [3.63, 3.8) is 0 Å². The lowest BCUT2D eigenvalue weighted by molar-refractivity contribution is -0.152. The molecular formula is C23H20Cl4N2O7. The molecule has 1 N–H and O–H groups in total. The molecule has 0 unspecified atom stereocenters. The van der Waals surface area contributed by atoms with Crippen molar-refractivity contribution in [2.24, 2.45) is 5.92 Å². The predicted molar refractivity (Wildman–Crippen MR) is 135 cm³/mol. The van der Waals surface area contributed by atoms with E-state index < -0.39 is 42.3 Å². The Labute approximate surface area is 226 Å². The van der Waals surface area contributed by atoms with E-state index in [1.54, 1.807) is 32.0 Å². The average molecular weight is 578 g/mol.